The van der Waals surface area contributed by atoms with E-state index in [0.29, 0.717) is 22.9 Å². The standard InChI is InChI=1S/C13H17Cl2NO/c1-3-13(16,4-2)11(17)8-9-6-5-7-10(14)12(9)15/h5-7H,3-4,8,16H2,1-2H3. The largest absolute Gasteiger partial charge is 0.319 e. The Bertz CT molecular complexity index is 414. The second-order valence-corrected chi connectivity index (χ2v) is 4.96. The molecule has 1 rings (SSSR count). The Hall–Kier alpha value is -0.570. The Labute approximate surface area is 112 Å². The van der Waals surface area contributed by atoms with Gasteiger partial charge in [0.1, 0.15) is 0 Å². The molecule has 0 bridgehead atoms. The number of ketones is 1. The molecule has 0 atom stereocenters. The van der Waals surface area contributed by atoms with Gasteiger partial charge in [0, 0.05) is 6.42 Å². The van der Waals surface area contributed by atoms with Crippen molar-refractivity contribution in [3.8, 4) is 0 Å². The highest BCUT2D eigenvalue weighted by atomic mass is 35.5. The maximum absolute atomic E-state index is 12.1. The number of hydrogen-bond acceptors (Lipinski definition) is 2. The zero-order valence-electron chi connectivity index (χ0n) is 10.1. The molecule has 0 radical (unpaired) electrons. The van der Waals surface area contributed by atoms with Crippen molar-refractivity contribution in [1.29, 1.82) is 0 Å². The molecule has 0 aliphatic heterocycles. The molecule has 0 fully saturated rings. The van der Waals surface area contributed by atoms with Gasteiger partial charge in [-0.05, 0) is 24.5 Å². The minimum atomic E-state index is -0.758. The van der Waals surface area contributed by atoms with E-state index in [1.807, 2.05) is 13.8 Å². The van der Waals surface area contributed by atoms with Gasteiger partial charge in [-0.25, -0.2) is 0 Å². The number of nitrogens with two attached hydrogens (primary N) is 1. The lowest BCUT2D eigenvalue weighted by Crippen LogP contribution is -2.47. The van der Waals surface area contributed by atoms with Crippen LogP contribution in [0.5, 0.6) is 0 Å². The molecule has 0 amide bonds. The summed E-state index contributed by atoms with van der Waals surface area (Å²) >= 11 is 12.0. The first-order chi connectivity index (χ1) is 7.94. The predicted octanol–water partition coefficient (Wildman–Crippen LogP) is 3.62. The molecular formula is C13H17Cl2NO. The molecule has 1 aromatic carbocycles. The number of rotatable bonds is 5. The maximum atomic E-state index is 12.1. The summed E-state index contributed by atoms with van der Waals surface area (Å²) in [6.45, 7) is 3.84. The molecule has 4 heteroatoms. The monoisotopic (exact) mass is 273 g/mol. The predicted molar refractivity (Wildman–Crippen MR) is 72.7 cm³/mol. The first kappa shape index (κ1) is 14.5. The number of carbonyl (C=O) groups is 1. The Balaban J connectivity index is 2.92. The molecule has 0 saturated carbocycles. The van der Waals surface area contributed by atoms with Crippen LogP contribution in [0.25, 0.3) is 0 Å². The van der Waals surface area contributed by atoms with Crippen LogP contribution < -0.4 is 5.73 Å². The second-order valence-electron chi connectivity index (χ2n) is 4.18. The minimum absolute atomic E-state index is 0.00617. The molecule has 17 heavy (non-hydrogen) atoms. The zero-order valence-corrected chi connectivity index (χ0v) is 11.6. The summed E-state index contributed by atoms with van der Waals surface area (Å²) in [5.41, 5.74) is 6.03. The van der Waals surface area contributed by atoms with Crippen molar-refractivity contribution in [2.75, 3.05) is 0 Å². The van der Waals surface area contributed by atoms with Crippen LogP contribution in [0, 0.1) is 0 Å². The van der Waals surface area contributed by atoms with Crippen LogP contribution in [0.4, 0.5) is 0 Å². The average molecular weight is 274 g/mol. The van der Waals surface area contributed by atoms with E-state index in [9.17, 15) is 4.79 Å². The maximum Gasteiger partial charge on any atom is 0.157 e. The van der Waals surface area contributed by atoms with Crippen LogP contribution in [0.2, 0.25) is 10.0 Å². The molecule has 0 aliphatic carbocycles. The van der Waals surface area contributed by atoms with E-state index < -0.39 is 5.54 Å². The van der Waals surface area contributed by atoms with Crippen LogP contribution >= 0.6 is 23.2 Å². The Kier molecular flexibility index (Phi) is 4.99. The fourth-order valence-corrected chi connectivity index (χ4v) is 2.07. The summed E-state index contributed by atoms with van der Waals surface area (Å²) in [5.74, 6) is 0.00617. The topological polar surface area (TPSA) is 43.1 Å². The molecular weight excluding hydrogens is 257 g/mol. The molecule has 0 aliphatic rings. The Morgan fingerprint density at radius 1 is 1.29 bits per heavy atom. The molecule has 0 spiro atoms. The van der Waals surface area contributed by atoms with E-state index in [1.54, 1.807) is 18.2 Å². The lowest BCUT2D eigenvalue weighted by atomic mass is 9.86. The lowest BCUT2D eigenvalue weighted by Gasteiger charge is -2.25. The molecule has 1 aromatic rings. The first-order valence-electron chi connectivity index (χ1n) is 5.69. The normalized spacial score (nSPS) is 11.6. The highest BCUT2D eigenvalue weighted by Crippen LogP contribution is 2.27. The SMILES string of the molecule is CCC(N)(CC)C(=O)Cc1cccc(Cl)c1Cl. The minimum Gasteiger partial charge on any atom is -0.319 e. The average Bonchev–Trinajstić information content (AvgIpc) is 2.33. The van der Waals surface area contributed by atoms with Gasteiger partial charge in [-0.2, -0.15) is 0 Å². The smallest absolute Gasteiger partial charge is 0.157 e. The number of hydrogen-bond donors (Lipinski definition) is 1. The molecule has 0 aromatic heterocycles. The van der Waals surface area contributed by atoms with Crippen LogP contribution in [0.15, 0.2) is 18.2 Å². The third-order valence-electron chi connectivity index (χ3n) is 3.20. The molecule has 0 unspecified atom stereocenters. The second kappa shape index (κ2) is 5.85. The van der Waals surface area contributed by atoms with Gasteiger partial charge in [-0.1, -0.05) is 49.2 Å². The summed E-state index contributed by atoms with van der Waals surface area (Å²) in [7, 11) is 0. The van der Waals surface area contributed by atoms with Gasteiger partial charge in [0.2, 0.25) is 0 Å². The number of carbonyl (C=O) groups excluding carboxylic acids is 1. The van der Waals surface area contributed by atoms with E-state index in [0.717, 1.165) is 5.56 Å². The van der Waals surface area contributed by atoms with Gasteiger partial charge >= 0.3 is 0 Å². The molecule has 0 saturated heterocycles. The number of halogens is 2. The van der Waals surface area contributed by atoms with Crippen molar-refractivity contribution in [1.82, 2.24) is 0 Å². The van der Waals surface area contributed by atoms with E-state index in [1.165, 1.54) is 0 Å². The van der Waals surface area contributed by atoms with E-state index in [2.05, 4.69) is 0 Å². The van der Waals surface area contributed by atoms with Gasteiger partial charge in [-0.15, -0.1) is 0 Å². The number of benzene rings is 1. The van der Waals surface area contributed by atoms with Crippen LogP contribution in [0.1, 0.15) is 32.3 Å². The van der Waals surface area contributed by atoms with E-state index >= 15 is 0 Å². The van der Waals surface area contributed by atoms with Crippen LogP contribution in [-0.2, 0) is 11.2 Å². The van der Waals surface area contributed by atoms with Crippen LogP contribution in [-0.4, -0.2) is 11.3 Å². The third-order valence-corrected chi connectivity index (χ3v) is 4.06. The summed E-state index contributed by atoms with van der Waals surface area (Å²) in [6.07, 6.45) is 1.48. The van der Waals surface area contributed by atoms with E-state index in [-0.39, 0.29) is 12.2 Å². The number of Topliss-reactive ketones (excluding diaryl/α,β-unsaturated/α-hetero) is 1. The molecule has 2 N–H and O–H groups in total. The van der Waals surface area contributed by atoms with Gasteiger partial charge in [-0.3, -0.25) is 4.79 Å². The first-order valence-corrected chi connectivity index (χ1v) is 6.45. The summed E-state index contributed by atoms with van der Waals surface area (Å²) in [4.78, 5) is 12.1. The summed E-state index contributed by atoms with van der Waals surface area (Å²) in [6, 6.07) is 5.29. The quantitative estimate of drug-likeness (QED) is 0.891. The summed E-state index contributed by atoms with van der Waals surface area (Å²) < 4.78 is 0. The molecule has 0 heterocycles. The third kappa shape index (κ3) is 3.21. The lowest BCUT2D eigenvalue weighted by molar-refractivity contribution is -0.123. The van der Waals surface area contributed by atoms with Crippen molar-refractivity contribution in [3.63, 3.8) is 0 Å². The Morgan fingerprint density at radius 2 is 1.88 bits per heavy atom. The van der Waals surface area contributed by atoms with Crippen LogP contribution in [0.3, 0.4) is 0 Å². The van der Waals surface area contributed by atoms with Gasteiger partial charge in [0.05, 0.1) is 15.6 Å². The fraction of sp³-hybridized carbons (Fsp3) is 0.462. The molecule has 94 valence electrons. The summed E-state index contributed by atoms with van der Waals surface area (Å²) in [5, 5.41) is 0.907. The fourth-order valence-electron chi connectivity index (χ4n) is 1.68. The molecule has 2 nitrogen and oxygen atoms in total. The van der Waals surface area contributed by atoms with Crippen molar-refractivity contribution >= 4 is 29.0 Å². The van der Waals surface area contributed by atoms with Gasteiger partial charge in [0.25, 0.3) is 0 Å². The van der Waals surface area contributed by atoms with Crippen molar-refractivity contribution in [3.05, 3.63) is 33.8 Å². The zero-order chi connectivity index (χ0) is 13.1. The highest BCUT2D eigenvalue weighted by Gasteiger charge is 2.29. The highest BCUT2D eigenvalue weighted by molar-refractivity contribution is 6.42. The van der Waals surface area contributed by atoms with Crippen molar-refractivity contribution in [2.24, 2.45) is 5.73 Å². The van der Waals surface area contributed by atoms with Gasteiger partial charge < -0.3 is 5.73 Å². The van der Waals surface area contributed by atoms with Crippen molar-refractivity contribution in [2.45, 2.75) is 38.6 Å². The van der Waals surface area contributed by atoms with E-state index in [4.69, 9.17) is 28.9 Å². The van der Waals surface area contributed by atoms with Gasteiger partial charge in [0.15, 0.2) is 5.78 Å². The van der Waals surface area contributed by atoms with Crippen molar-refractivity contribution < 1.29 is 4.79 Å². The Morgan fingerprint density at radius 3 is 2.41 bits per heavy atom.